The molecule has 0 amide bonds. The second-order valence-corrected chi connectivity index (χ2v) is 11.9. The van der Waals surface area contributed by atoms with Crippen LogP contribution < -0.4 is 31.5 Å². The monoisotopic (exact) mass is 570 g/mol. The molecule has 0 aliphatic carbocycles. The third-order valence-corrected chi connectivity index (χ3v) is 7.09. The number of nitrogens with zero attached hydrogens (tertiary/aromatic N) is 2. The fourth-order valence-corrected chi connectivity index (χ4v) is 5.67. The number of allylic oxidation sites excluding steroid dienone is 2. The molecular formula is C22H19F2IN3O3S-. The summed E-state index contributed by atoms with van der Waals surface area (Å²) in [6, 6.07) is 4.87. The van der Waals surface area contributed by atoms with E-state index in [1.807, 2.05) is 8.17 Å². The Bertz CT molecular complexity index is 1500. The molecule has 2 aromatic heterocycles. The zero-order valence-electron chi connectivity index (χ0n) is 17.4. The summed E-state index contributed by atoms with van der Waals surface area (Å²) >= 11 is -0.722. The summed E-state index contributed by atoms with van der Waals surface area (Å²) in [5, 5.41) is 0.654. The molecule has 0 spiro atoms. The van der Waals surface area contributed by atoms with E-state index in [9.17, 15) is 17.8 Å². The van der Waals surface area contributed by atoms with Crippen molar-refractivity contribution >= 4 is 26.2 Å². The van der Waals surface area contributed by atoms with Gasteiger partial charge in [-0.15, -0.1) is 0 Å². The van der Waals surface area contributed by atoms with E-state index in [1.165, 1.54) is 10.6 Å². The Labute approximate surface area is 193 Å². The fraction of sp³-hybridized carbons (Fsp3) is 0.136. The van der Waals surface area contributed by atoms with Crippen LogP contribution in [0.5, 0.6) is 5.75 Å². The first-order valence-corrected chi connectivity index (χ1v) is 14.2. The van der Waals surface area contributed by atoms with Crippen molar-refractivity contribution < 1.29 is 38.9 Å². The average Bonchev–Trinajstić information content (AvgIpc) is 3.11. The summed E-state index contributed by atoms with van der Waals surface area (Å²) in [4.78, 5) is 15.5. The SMILES string of the molecule is Cn1cc(C2=CC(N=S(C)(C)=O)=C[I-]C=C2Oc2ccc(F)cc2F)c2cc[nH]c2c1=O. The quantitative estimate of drug-likeness (QED) is 0.478. The van der Waals surface area contributed by atoms with Crippen LogP contribution in [0.25, 0.3) is 16.5 Å². The number of halogens is 3. The van der Waals surface area contributed by atoms with E-state index < -0.39 is 42.6 Å². The van der Waals surface area contributed by atoms with Crippen LogP contribution >= 0.6 is 0 Å². The van der Waals surface area contributed by atoms with Crippen molar-refractivity contribution in [2.75, 3.05) is 12.5 Å². The molecule has 0 bridgehead atoms. The molecule has 4 rings (SSSR count). The number of fused-ring (bicyclic) bond motifs is 1. The summed E-state index contributed by atoms with van der Waals surface area (Å²) in [7, 11) is -0.796. The van der Waals surface area contributed by atoms with Crippen LogP contribution in [0.3, 0.4) is 0 Å². The van der Waals surface area contributed by atoms with Crippen LogP contribution in [0.4, 0.5) is 8.78 Å². The number of rotatable bonds is 4. The zero-order chi connectivity index (χ0) is 23.0. The first-order chi connectivity index (χ1) is 15.1. The molecule has 1 aromatic carbocycles. The Morgan fingerprint density at radius 2 is 1.97 bits per heavy atom. The third kappa shape index (κ3) is 4.70. The van der Waals surface area contributed by atoms with Gasteiger partial charge in [0.05, 0.1) is 0 Å². The Kier molecular flexibility index (Phi) is 6.08. The number of hydrogen-bond donors (Lipinski definition) is 1. The molecule has 3 aromatic rings. The maximum absolute atomic E-state index is 14.3. The molecule has 1 aliphatic heterocycles. The number of pyridine rings is 1. The number of nitrogens with one attached hydrogen (secondary N) is 1. The number of aromatic amines is 1. The molecule has 168 valence electrons. The van der Waals surface area contributed by atoms with Gasteiger partial charge in [0, 0.05) is 0 Å². The minimum absolute atomic E-state index is 0.127. The predicted molar refractivity (Wildman–Crippen MR) is 117 cm³/mol. The molecular weight excluding hydrogens is 551 g/mol. The van der Waals surface area contributed by atoms with Crippen molar-refractivity contribution in [3.63, 3.8) is 0 Å². The van der Waals surface area contributed by atoms with E-state index in [0.29, 0.717) is 33.5 Å². The van der Waals surface area contributed by atoms with Gasteiger partial charge in [0.2, 0.25) is 0 Å². The summed E-state index contributed by atoms with van der Waals surface area (Å²) < 4.78 is 55.4. The van der Waals surface area contributed by atoms with Crippen molar-refractivity contribution in [1.29, 1.82) is 0 Å². The summed E-state index contributed by atoms with van der Waals surface area (Å²) in [5.41, 5.74) is 1.94. The topological polar surface area (TPSA) is 76.5 Å². The molecule has 0 fully saturated rings. The Balaban J connectivity index is 1.93. The number of H-pyrrole nitrogens is 1. The molecule has 0 atom stereocenters. The van der Waals surface area contributed by atoms with Crippen LogP contribution in [-0.2, 0) is 16.8 Å². The van der Waals surface area contributed by atoms with Gasteiger partial charge in [-0.1, -0.05) is 0 Å². The van der Waals surface area contributed by atoms with Crippen molar-refractivity contribution in [2.24, 2.45) is 11.4 Å². The maximum atomic E-state index is 14.3. The van der Waals surface area contributed by atoms with Crippen molar-refractivity contribution in [1.82, 2.24) is 9.55 Å². The number of hydrogen-bond acceptors (Lipinski definition) is 4. The van der Waals surface area contributed by atoms with E-state index in [4.69, 9.17) is 4.74 Å². The van der Waals surface area contributed by atoms with E-state index in [-0.39, 0.29) is 11.3 Å². The third-order valence-electron chi connectivity index (χ3n) is 4.52. The summed E-state index contributed by atoms with van der Waals surface area (Å²) in [6.45, 7) is 0. The van der Waals surface area contributed by atoms with Gasteiger partial charge < -0.3 is 0 Å². The molecule has 3 heterocycles. The van der Waals surface area contributed by atoms with Crippen molar-refractivity contribution in [3.05, 3.63) is 89.9 Å². The van der Waals surface area contributed by atoms with E-state index in [2.05, 4.69) is 9.35 Å². The number of benzene rings is 1. The van der Waals surface area contributed by atoms with Gasteiger partial charge in [-0.3, -0.25) is 0 Å². The molecule has 1 aliphatic rings. The van der Waals surface area contributed by atoms with E-state index in [1.54, 1.807) is 44.1 Å². The predicted octanol–water partition coefficient (Wildman–Crippen LogP) is 1.12. The molecule has 0 unspecified atom stereocenters. The first-order valence-electron chi connectivity index (χ1n) is 9.34. The number of aryl methyl sites for hydroxylation is 1. The van der Waals surface area contributed by atoms with E-state index >= 15 is 0 Å². The van der Waals surface area contributed by atoms with Crippen LogP contribution in [0.2, 0.25) is 0 Å². The normalized spacial score (nSPS) is 14.7. The molecule has 0 radical (unpaired) electrons. The second-order valence-electron chi connectivity index (χ2n) is 7.37. The molecule has 0 saturated heterocycles. The molecule has 10 heteroatoms. The Morgan fingerprint density at radius 1 is 1.19 bits per heavy atom. The average molecular weight is 570 g/mol. The van der Waals surface area contributed by atoms with Gasteiger partial charge >= 0.3 is 194 Å². The van der Waals surface area contributed by atoms with E-state index in [0.717, 1.165) is 12.1 Å². The molecule has 0 saturated carbocycles. The molecule has 6 nitrogen and oxygen atoms in total. The van der Waals surface area contributed by atoms with Gasteiger partial charge in [-0.2, -0.15) is 0 Å². The molecule has 1 N–H and O–H groups in total. The standard InChI is InChI=1S/C22H19F2IN3O3S/c1-28-12-17(15-6-7-26-21(15)22(28)29)16-9-14(27-32(2,3)30)10-25-11-20(16)31-19-5-4-13(23)8-18(19)24/h4-12,26H,1-3H3/q-1. The van der Waals surface area contributed by atoms with Gasteiger partial charge in [0.25, 0.3) is 0 Å². The van der Waals surface area contributed by atoms with Gasteiger partial charge in [0.1, 0.15) is 0 Å². The van der Waals surface area contributed by atoms with Crippen molar-refractivity contribution in [3.8, 4) is 5.75 Å². The first kappa shape index (κ1) is 22.5. The molecule has 32 heavy (non-hydrogen) atoms. The summed E-state index contributed by atoms with van der Waals surface area (Å²) in [5.74, 6) is -1.31. The Hall–Kier alpha value is -2.73. The summed E-state index contributed by atoms with van der Waals surface area (Å²) in [6.07, 6.45) is 8.13. The number of aromatic nitrogens is 2. The van der Waals surface area contributed by atoms with Gasteiger partial charge in [-0.25, -0.2) is 0 Å². The van der Waals surface area contributed by atoms with Crippen LogP contribution in [0.15, 0.2) is 71.5 Å². The van der Waals surface area contributed by atoms with Crippen molar-refractivity contribution in [2.45, 2.75) is 0 Å². The van der Waals surface area contributed by atoms with Gasteiger partial charge in [-0.05, 0) is 0 Å². The van der Waals surface area contributed by atoms with Crippen LogP contribution in [-0.4, -0.2) is 26.3 Å². The van der Waals surface area contributed by atoms with Crippen LogP contribution in [0.1, 0.15) is 5.56 Å². The minimum atomic E-state index is -2.43. The fourth-order valence-electron chi connectivity index (χ4n) is 3.21. The van der Waals surface area contributed by atoms with Gasteiger partial charge in [0.15, 0.2) is 0 Å². The Morgan fingerprint density at radius 3 is 2.69 bits per heavy atom. The number of ether oxygens (including phenoxy) is 1. The van der Waals surface area contributed by atoms with Crippen LogP contribution in [0, 0.1) is 11.6 Å². The zero-order valence-corrected chi connectivity index (χ0v) is 20.3. The second kappa shape index (κ2) is 8.66.